The molecule has 0 aliphatic carbocycles. The van der Waals surface area contributed by atoms with E-state index in [2.05, 4.69) is 12.2 Å². The number of benzene rings is 2. The van der Waals surface area contributed by atoms with Gasteiger partial charge in [0.2, 0.25) is 11.8 Å². The van der Waals surface area contributed by atoms with Crippen molar-refractivity contribution in [3.63, 3.8) is 0 Å². The van der Waals surface area contributed by atoms with Gasteiger partial charge in [-0.15, -0.1) is 0 Å². The number of nitrogens with one attached hydrogen (secondary N) is 1. The Hall–Kier alpha value is -3.02. The quantitative estimate of drug-likeness (QED) is 0.658. The predicted octanol–water partition coefficient (Wildman–Crippen LogP) is 4.10. The summed E-state index contributed by atoms with van der Waals surface area (Å²) in [4.78, 5) is 28.0. The van der Waals surface area contributed by atoms with Crippen molar-refractivity contribution in [2.75, 3.05) is 20.8 Å². The fraction of sp³-hybridized carbons (Fsp3) is 0.440. The summed E-state index contributed by atoms with van der Waals surface area (Å²) >= 11 is 0. The number of likely N-dealkylation sites (tertiary alicyclic amines) is 1. The van der Waals surface area contributed by atoms with Gasteiger partial charge in [-0.3, -0.25) is 9.59 Å². The number of hydrogen-bond acceptors (Lipinski definition) is 4. The Labute approximate surface area is 184 Å². The molecule has 1 aliphatic heterocycles. The van der Waals surface area contributed by atoms with Crippen LogP contribution in [-0.2, 0) is 16.1 Å². The summed E-state index contributed by atoms with van der Waals surface area (Å²) in [5.41, 5.74) is 1.89. The van der Waals surface area contributed by atoms with Crippen LogP contribution in [-0.4, -0.2) is 37.5 Å². The van der Waals surface area contributed by atoms with Gasteiger partial charge in [-0.25, -0.2) is 0 Å². The van der Waals surface area contributed by atoms with Crippen LogP contribution in [0, 0.1) is 5.92 Å². The molecule has 2 amide bonds. The molecule has 1 fully saturated rings. The van der Waals surface area contributed by atoms with Crippen LogP contribution >= 0.6 is 0 Å². The lowest BCUT2D eigenvalue weighted by molar-refractivity contribution is -0.143. The summed E-state index contributed by atoms with van der Waals surface area (Å²) in [6.45, 7) is 3.17. The molecule has 0 bridgehead atoms. The molecule has 2 aromatic carbocycles. The van der Waals surface area contributed by atoms with Crippen molar-refractivity contribution in [1.29, 1.82) is 0 Å². The van der Waals surface area contributed by atoms with Crippen LogP contribution < -0.4 is 14.8 Å². The molecule has 1 saturated heterocycles. The summed E-state index contributed by atoms with van der Waals surface area (Å²) in [6, 6.07) is 15.0. The average molecular weight is 425 g/mol. The maximum absolute atomic E-state index is 13.3. The molecule has 3 rings (SSSR count). The standard InChI is InChI=1S/C25H32N2O4/c1-4-5-16-27-23(28)15-14-21(24(27)20-8-6-7-9-22(20)31-3)25(29)26-17-18-10-12-19(30-2)13-11-18/h6-13,21,24H,4-5,14-17H2,1-3H3,(H,26,29)/t21-,24-/m0/s1. The van der Waals surface area contributed by atoms with E-state index in [4.69, 9.17) is 9.47 Å². The lowest BCUT2D eigenvalue weighted by Crippen LogP contribution is -2.48. The van der Waals surface area contributed by atoms with Crippen molar-refractivity contribution >= 4 is 11.8 Å². The lowest BCUT2D eigenvalue weighted by Gasteiger charge is -2.41. The zero-order valence-corrected chi connectivity index (χ0v) is 18.6. The van der Waals surface area contributed by atoms with Gasteiger partial charge in [-0.1, -0.05) is 43.7 Å². The number of hydrogen-bond donors (Lipinski definition) is 1. The van der Waals surface area contributed by atoms with E-state index >= 15 is 0 Å². The van der Waals surface area contributed by atoms with E-state index in [1.54, 1.807) is 14.2 Å². The minimum Gasteiger partial charge on any atom is -0.497 e. The van der Waals surface area contributed by atoms with Crippen molar-refractivity contribution in [3.05, 3.63) is 59.7 Å². The Morgan fingerprint density at radius 3 is 2.52 bits per heavy atom. The van der Waals surface area contributed by atoms with Crippen LogP contribution in [0.5, 0.6) is 11.5 Å². The van der Waals surface area contributed by atoms with Crippen molar-refractivity contribution in [2.45, 2.75) is 45.2 Å². The topological polar surface area (TPSA) is 67.9 Å². The third kappa shape index (κ3) is 5.37. The van der Waals surface area contributed by atoms with E-state index < -0.39 is 0 Å². The van der Waals surface area contributed by atoms with Gasteiger partial charge in [0, 0.05) is 25.1 Å². The number of unbranched alkanes of at least 4 members (excludes halogenated alkanes) is 1. The van der Waals surface area contributed by atoms with E-state index in [1.807, 2.05) is 53.4 Å². The second-order valence-electron chi connectivity index (χ2n) is 7.84. The summed E-state index contributed by atoms with van der Waals surface area (Å²) < 4.78 is 10.8. The number of nitrogens with zero attached hydrogens (tertiary/aromatic N) is 1. The largest absolute Gasteiger partial charge is 0.497 e. The first-order valence-corrected chi connectivity index (χ1v) is 10.9. The van der Waals surface area contributed by atoms with Crippen molar-refractivity contribution in [3.8, 4) is 11.5 Å². The molecule has 31 heavy (non-hydrogen) atoms. The second kappa shape index (κ2) is 10.8. The Kier molecular flexibility index (Phi) is 7.93. The van der Waals surface area contributed by atoms with Crippen molar-refractivity contribution < 1.29 is 19.1 Å². The summed E-state index contributed by atoms with van der Waals surface area (Å²) in [5, 5.41) is 3.08. The zero-order chi connectivity index (χ0) is 22.2. The van der Waals surface area contributed by atoms with Crippen molar-refractivity contribution in [1.82, 2.24) is 10.2 Å². The van der Waals surface area contributed by atoms with Crippen LogP contribution in [0.3, 0.4) is 0 Å². The highest BCUT2D eigenvalue weighted by Gasteiger charge is 2.41. The smallest absolute Gasteiger partial charge is 0.225 e. The minimum atomic E-state index is -0.334. The number of amides is 2. The monoisotopic (exact) mass is 424 g/mol. The molecule has 2 aromatic rings. The number of carbonyl (C=O) groups excluding carboxylic acids is 2. The van der Waals surface area contributed by atoms with E-state index in [9.17, 15) is 9.59 Å². The first kappa shape index (κ1) is 22.7. The summed E-state index contributed by atoms with van der Waals surface area (Å²) in [7, 11) is 3.25. The van der Waals surface area contributed by atoms with Crippen LogP contribution in [0.1, 0.15) is 49.8 Å². The molecule has 0 saturated carbocycles. The van der Waals surface area contributed by atoms with Gasteiger partial charge in [-0.2, -0.15) is 0 Å². The number of para-hydroxylation sites is 1. The molecular formula is C25H32N2O4. The maximum atomic E-state index is 13.3. The second-order valence-corrected chi connectivity index (χ2v) is 7.84. The average Bonchev–Trinajstić information content (AvgIpc) is 2.81. The molecule has 6 nitrogen and oxygen atoms in total. The molecule has 6 heteroatoms. The molecule has 166 valence electrons. The first-order chi connectivity index (χ1) is 15.1. The van der Waals surface area contributed by atoms with Gasteiger partial charge in [-0.05, 0) is 36.6 Å². The van der Waals surface area contributed by atoms with Crippen LogP contribution in [0.15, 0.2) is 48.5 Å². The van der Waals surface area contributed by atoms with Crippen LogP contribution in [0.25, 0.3) is 0 Å². The molecule has 1 aliphatic rings. The van der Waals surface area contributed by atoms with Gasteiger partial charge < -0.3 is 19.7 Å². The third-order valence-corrected chi connectivity index (χ3v) is 5.88. The highest BCUT2D eigenvalue weighted by molar-refractivity contribution is 5.85. The minimum absolute atomic E-state index is 0.0410. The lowest BCUT2D eigenvalue weighted by atomic mass is 9.83. The van der Waals surface area contributed by atoms with Gasteiger partial charge >= 0.3 is 0 Å². The van der Waals surface area contributed by atoms with Gasteiger partial charge in [0.05, 0.1) is 26.2 Å². The number of carbonyl (C=O) groups is 2. The molecule has 0 radical (unpaired) electrons. The predicted molar refractivity (Wildman–Crippen MR) is 120 cm³/mol. The number of rotatable bonds is 9. The Bertz CT molecular complexity index is 881. The normalized spacial score (nSPS) is 18.5. The highest BCUT2D eigenvalue weighted by Crippen LogP contribution is 2.40. The molecule has 1 N–H and O–H groups in total. The number of methoxy groups -OCH3 is 2. The zero-order valence-electron chi connectivity index (χ0n) is 18.6. The van der Waals surface area contributed by atoms with Crippen molar-refractivity contribution in [2.24, 2.45) is 5.92 Å². The third-order valence-electron chi connectivity index (χ3n) is 5.88. The molecular weight excluding hydrogens is 392 g/mol. The van der Waals surface area contributed by atoms with Crippen LogP contribution in [0.2, 0.25) is 0 Å². The fourth-order valence-electron chi connectivity index (χ4n) is 4.18. The molecule has 1 heterocycles. The summed E-state index contributed by atoms with van der Waals surface area (Å²) in [6.07, 6.45) is 2.79. The van der Waals surface area contributed by atoms with E-state index in [-0.39, 0.29) is 23.8 Å². The van der Waals surface area contributed by atoms with Gasteiger partial charge in [0.1, 0.15) is 11.5 Å². The molecule has 0 spiro atoms. The summed E-state index contributed by atoms with van der Waals surface area (Å²) in [5.74, 6) is 1.22. The molecule has 0 unspecified atom stereocenters. The van der Waals surface area contributed by atoms with Crippen LogP contribution in [0.4, 0.5) is 0 Å². The van der Waals surface area contributed by atoms with Gasteiger partial charge in [0.25, 0.3) is 0 Å². The SMILES string of the molecule is CCCCN1C(=O)CC[C@H](C(=O)NCc2ccc(OC)cc2)[C@@H]1c1ccccc1OC. The Balaban J connectivity index is 1.84. The molecule has 2 atom stereocenters. The van der Waals surface area contributed by atoms with E-state index in [0.29, 0.717) is 31.7 Å². The highest BCUT2D eigenvalue weighted by atomic mass is 16.5. The number of ether oxygens (including phenoxy) is 2. The maximum Gasteiger partial charge on any atom is 0.225 e. The van der Waals surface area contributed by atoms with E-state index in [0.717, 1.165) is 29.7 Å². The Morgan fingerprint density at radius 1 is 1.10 bits per heavy atom. The number of piperidine rings is 1. The van der Waals surface area contributed by atoms with E-state index in [1.165, 1.54) is 0 Å². The first-order valence-electron chi connectivity index (χ1n) is 10.9. The molecule has 0 aromatic heterocycles. The fourth-order valence-corrected chi connectivity index (χ4v) is 4.18. The van der Waals surface area contributed by atoms with Gasteiger partial charge in [0.15, 0.2) is 0 Å². The Morgan fingerprint density at radius 2 is 1.84 bits per heavy atom.